The van der Waals surface area contributed by atoms with Crippen LogP contribution in [-0.2, 0) is 4.79 Å². The molecule has 3 saturated heterocycles. The summed E-state index contributed by atoms with van der Waals surface area (Å²) < 4.78 is 18.4. The van der Waals surface area contributed by atoms with E-state index in [1.807, 2.05) is 6.07 Å². The van der Waals surface area contributed by atoms with Crippen LogP contribution in [0.1, 0.15) is 17.5 Å². The number of halogens is 2. The van der Waals surface area contributed by atoms with Crippen molar-refractivity contribution in [2.45, 2.75) is 31.5 Å². The first kappa shape index (κ1) is 20.3. The van der Waals surface area contributed by atoms with E-state index < -0.39 is 35.9 Å². The third kappa shape index (κ3) is 2.83. The highest BCUT2D eigenvalue weighted by Gasteiger charge is 2.63. The molecule has 32 heavy (non-hydrogen) atoms. The summed E-state index contributed by atoms with van der Waals surface area (Å²) in [6.45, 7) is 1.88. The standard InChI is InChI=1S/C22H16ClFN4O4/c1-11-16(7-2-12(9-25)18(11)23)28-20(29)19-17-8-14(27(19)21(28)30)10-26(17)22(31)32-15-5-3-13(24)4-6-15/h2-7,14,17,19H,8,10H2,1H3/t14-,17?,19+/m1/s1. The summed E-state index contributed by atoms with van der Waals surface area (Å²) in [5.41, 5.74) is 1.02. The quantitative estimate of drug-likeness (QED) is 0.648. The molecule has 0 spiro atoms. The van der Waals surface area contributed by atoms with E-state index in [1.54, 1.807) is 6.92 Å². The molecule has 3 fully saturated rings. The van der Waals surface area contributed by atoms with E-state index in [2.05, 4.69) is 0 Å². The number of hydrogen-bond acceptors (Lipinski definition) is 5. The van der Waals surface area contributed by atoms with Gasteiger partial charge in [-0.05, 0) is 55.3 Å². The summed E-state index contributed by atoms with van der Waals surface area (Å²) in [7, 11) is 0. The third-order valence-corrected chi connectivity index (χ3v) is 6.72. The molecule has 0 aliphatic carbocycles. The van der Waals surface area contributed by atoms with E-state index in [1.165, 1.54) is 46.2 Å². The summed E-state index contributed by atoms with van der Waals surface area (Å²) in [5.74, 6) is -0.714. The van der Waals surface area contributed by atoms with Crippen molar-refractivity contribution in [3.05, 3.63) is 58.4 Å². The fourth-order valence-corrected chi connectivity index (χ4v) is 4.96. The minimum absolute atomic E-state index is 0.185. The SMILES string of the molecule is Cc1c(N2C(=O)[C@@H]3C4C[C@H](CN4C(=O)Oc4ccc(F)cc4)N3C2=O)ccc(C#N)c1Cl. The van der Waals surface area contributed by atoms with E-state index in [0.717, 1.165) is 4.90 Å². The highest BCUT2D eigenvalue weighted by Crippen LogP contribution is 2.43. The third-order valence-electron chi connectivity index (χ3n) is 6.24. The van der Waals surface area contributed by atoms with Crippen LogP contribution in [0.25, 0.3) is 0 Å². The van der Waals surface area contributed by atoms with Gasteiger partial charge in [0.15, 0.2) is 0 Å². The Morgan fingerprint density at radius 3 is 2.62 bits per heavy atom. The average molecular weight is 455 g/mol. The molecule has 1 unspecified atom stereocenters. The predicted octanol–water partition coefficient (Wildman–Crippen LogP) is 3.45. The van der Waals surface area contributed by atoms with Crippen molar-refractivity contribution in [3.63, 3.8) is 0 Å². The minimum atomic E-state index is -0.823. The number of hydrogen-bond donors (Lipinski definition) is 0. The van der Waals surface area contributed by atoms with E-state index in [4.69, 9.17) is 21.6 Å². The largest absolute Gasteiger partial charge is 0.415 e. The van der Waals surface area contributed by atoms with Crippen molar-refractivity contribution in [1.82, 2.24) is 9.80 Å². The van der Waals surface area contributed by atoms with Gasteiger partial charge in [0.1, 0.15) is 23.7 Å². The van der Waals surface area contributed by atoms with E-state index >= 15 is 0 Å². The monoisotopic (exact) mass is 454 g/mol. The van der Waals surface area contributed by atoms with Gasteiger partial charge in [-0.25, -0.2) is 18.9 Å². The molecule has 3 aliphatic heterocycles. The van der Waals surface area contributed by atoms with Gasteiger partial charge in [-0.3, -0.25) is 4.79 Å². The van der Waals surface area contributed by atoms with Gasteiger partial charge in [0, 0.05) is 6.54 Å². The molecule has 8 nitrogen and oxygen atoms in total. The molecule has 10 heteroatoms. The van der Waals surface area contributed by atoms with Crippen LogP contribution >= 0.6 is 11.6 Å². The van der Waals surface area contributed by atoms with Crippen LogP contribution in [0.5, 0.6) is 5.75 Å². The number of nitrogens with zero attached hydrogens (tertiary/aromatic N) is 4. The maximum absolute atomic E-state index is 13.3. The van der Waals surface area contributed by atoms with Crippen LogP contribution in [0.3, 0.4) is 0 Å². The van der Waals surface area contributed by atoms with E-state index in [9.17, 15) is 18.8 Å². The topological polar surface area (TPSA) is 94.0 Å². The highest BCUT2D eigenvalue weighted by molar-refractivity contribution is 6.33. The molecule has 0 aromatic heterocycles. The number of likely N-dealkylation sites (tertiary alicyclic amines) is 1. The summed E-state index contributed by atoms with van der Waals surface area (Å²) in [5, 5.41) is 9.34. The second-order valence-electron chi connectivity index (χ2n) is 7.92. The lowest BCUT2D eigenvalue weighted by molar-refractivity contribution is -0.121. The molecule has 4 amide bonds. The summed E-state index contributed by atoms with van der Waals surface area (Å²) in [6.07, 6.45) is -0.179. The first-order chi connectivity index (χ1) is 15.3. The molecule has 2 bridgehead atoms. The highest BCUT2D eigenvalue weighted by atomic mass is 35.5. The lowest BCUT2D eigenvalue weighted by atomic mass is 10.1. The maximum Gasteiger partial charge on any atom is 0.415 e. The Bertz CT molecular complexity index is 1210. The van der Waals surface area contributed by atoms with Gasteiger partial charge in [0.05, 0.1) is 28.4 Å². The number of rotatable bonds is 2. The number of ether oxygens (including phenoxy) is 1. The minimum Gasteiger partial charge on any atom is -0.410 e. The zero-order valence-corrected chi connectivity index (χ0v) is 17.5. The zero-order chi connectivity index (χ0) is 22.7. The smallest absolute Gasteiger partial charge is 0.410 e. The Kier molecular flexibility index (Phi) is 4.57. The Labute approximate surface area is 187 Å². The summed E-state index contributed by atoms with van der Waals surface area (Å²) in [6, 6.07) is 7.89. The molecule has 0 N–H and O–H groups in total. The molecule has 0 saturated carbocycles. The lowest BCUT2D eigenvalue weighted by Gasteiger charge is -2.34. The fourth-order valence-electron chi connectivity index (χ4n) is 4.75. The van der Waals surface area contributed by atoms with Crippen LogP contribution in [0, 0.1) is 24.1 Å². The van der Waals surface area contributed by atoms with Crippen LogP contribution in [0.15, 0.2) is 36.4 Å². The number of fused-ring (bicyclic) bond motifs is 5. The van der Waals surface area contributed by atoms with Crippen molar-refractivity contribution < 1.29 is 23.5 Å². The summed E-state index contributed by atoms with van der Waals surface area (Å²) in [4.78, 5) is 43.2. The molecule has 0 radical (unpaired) electrons. The summed E-state index contributed by atoms with van der Waals surface area (Å²) >= 11 is 6.24. The number of carbonyl (C=O) groups is 3. The predicted molar refractivity (Wildman–Crippen MR) is 111 cm³/mol. The molecule has 2 aromatic rings. The van der Waals surface area contributed by atoms with Gasteiger partial charge < -0.3 is 14.5 Å². The van der Waals surface area contributed by atoms with Crippen molar-refractivity contribution in [1.29, 1.82) is 5.26 Å². The Balaban J connectivity index is 1.40. The van der Waals surface area contributed by atoms with E-state index in [-0.39, 0.29) is 28.9 Å². The molecule has 2 aromatic carbocycles. The van der Waals surface area contributed by atoms with Crippen molar-refractivity contribution in [3.8, 4) is 11.8 Å². The van der Waals surface area contributed by atoms with Gasteiger partial charge >= 0.3 is 12.1 Å². The van der Waals surface area contributed by atoms with Crippen molar-refractivity contribution in [2.75, 3.05) is 11.4 Å². The average Bonchev–Trinajstić information content (AvgIpc) is 3.44. The number of imide groups is 1. The Morgan fingerprint density at radius 1 is 1.22 bits per heavy atom. The van der Waals surface area contributed by atoms with Gasteiger partial charge in [-0.1, -0.05) is 11.6 Å². The van der Waals surface area contributed by atoms with Crippen LogP contribution < -0.4 is 9.64 Å². The fraction of sp³-hybridized carbons (Fsp3) is 0.273. The first-order valence-corrected chi connectivity index (χ1v) is 10.3. The van der Waals surface area contributed by atoms with Gasteiger partial charge in [-0.15, -0.1) is 0 Å². The second-order valence-corrected chi connectivity index (χ2v) is 8.30. The lowest BCUT2D eigenvalue weighted by Crippen LogP contribution is -2.55. The number of anilines is 1. The number of nitriles is 1. The number of benzene rings is 2. The number of urea groups is 1. The maximum atomic E-state index is 13.3. The molecular weight excluding hydrogens is 439 g/mol. The Hall–Kier alpha value is -3.64. The van der Waals surface area contributed by atoms with Crippen molar-refractivity contribution in [2.24, 2.45) is 0 Å². The second kappa shape index (κ2) is 7.21. The van der Waals surface area contributed by atoms with Gasteiger partial charge in [0.25, 0.3) is 5.91 Å². The van der Waals surface area contributed by atoms with Crippen LogP contribution in [0.2, 0.25) is 5.02 Å². The first-order valence-electron chi connectivity index (χ1n) is 9.91. The molecule has 162 valence electrons. The molecule has 3 heterocycles. The normalized spacial score (nSPS) is 23.6. The molecule has 5 rings (SSSR count). The Morgan fingerprint density at radius 2 is 1.94 bits per heavy atom. The van der Waals surface area contributed by atoms with Crippen LogP contribution in [-0.4, -0.2) is 52.5 Å². The molecule has 3 aliphatic rings. The number of amides is 4. The van der Waals surface area contributed by atoms with Crippen LogP contribution in [0.4, 0.5) is 19.7 Å². The van der Waals surface area contributed by atoms with Gasteiger partial charge in [-0.2, -0.15) is 5.26 Å². The molecular formula is C22H16ClFN4O4. The van der Waals surface area contributed by atoms with Crippen molar-refractivity contribution >= 4 is 35.3 Å². The van der Waals surface area contributed by atoms with E-state index in [0.29, 0.717) is 17.7 Å². The zero-order valence-electron chi connectivity index (χ0n) is 16.8. The number of piperazine rings is 1. The molecule has 3 atom stereocenters. The van der Waals surface area contributed by atoms with Gasteiger partial charge in [0.2, 0.25) is 0 Å². The number of carbonyl (C=O) groups excluding carboxylic acids is 3.